The second kappa shape index (κ2) is 5.56. The Morgan fingerprint density at radius 1 is 1.47 bits per heavy atom. The summed E-state index contributed by atoms with van der Waals surface area (Å²) >= 11 is 0. The van der Waals surface area contributed by atoms with E-state index in [1.807, 2.05) is 0 Å². The molecule has 1 aliphatic rings. The molecule has 1 amide bonds. The predicted molar refractivity (Wildman–Crippen MR) is 72.9 cm³/mol. The summed E-state index contributed by atoms with van der Waals surface area (Å²) in [7, 11) is -1.31. The van der Waals surface area contributed by atoms with Gasteiger partial charge in [-0.2, -0.15) is 0 Å². The molecule has 0 bridgehead atoms. The highest BCUT2D eigenvalue weighted by Crippen LogP contribution is 2.15. The lowest BCUT2D eigenvalue weighted by Crippen LogP contribution is -2.43. The number of pyridine rings is 1. The summed E-state index contributed by atoms with van der Waals surface area (Å²) in [5, 5.41) is 5.67. The van der Waals surface area contributed by atoms with E-state index >= 15 is 0 Å². The molecule has 1 saturated heterocycles. The van der Waals surface area contributed by atoms with Crippen molar-refractivity contribution in [2.75, 3.05) is 23.9 Å². The topological polar surface area (TPSA) is 88.2 Å². The van der Waals surface area contributed by atoms with Crippen LogP contribution in [0, 0.1) is 0 Å². The first kappa shape index (κ1) is 13.8. The fourth-order valence-electron chi connectivity index (χ4n) is 2.19. The molecule has 1 aliphatic heterocycles. The van der Waals surface area contributed by atoms with Crippen LogP contribution in [0.15, 0.2) is 18.5 Å². The Labute approximate surface area is 112 Å². The number of amides is 1. The molecule has 0 aromatic carbocycles. The summed E-state index contributed by atoms with van der Waals surface area (Å²) < 4.78 is 23.1. The molecule has 2 heterocycles. The number of nitrogens with one attached hydrogen (secondary N) is 2. The molecule has 2 rings (SSSR count). The van der Waals surface area contributed by atoms with E-state index in [2.05, 4.69) is 15.6 Å². The maximum atomic E-state index is 12.1. The molecular formula is C12H17N3O3S. The third-order valence-corrected chi connectivity index (χ3v) is 4.95. The van der Waals surface area contributed by atoms with Crippen molar-refractivity contribution in [3.8, 4) is 0 Å². The van der Waals surface area contributed by atoms with Crippen molar-refractivity contribution in [1.82, 2.24) is 10.3 Å². The fourth-order valence-corrected chi connectivity index (χ4v) is 3.83. The molecule has 0 spiro atoms. The Balaban J connectivity index is 2.09. The van der Waals surface area contributed by atoms with Gasteiger partial charge in [0, 0.05) is 19.3 Å². The van der Waals surface area contributed by atoms with E-state index in [0.29, 0.717) is 24.1 Å². The minimum atomic E-state index is -3.02. The van der Waals surface area contributed by atoms with E-state index in [4.69, 9.17) is 0 Å². The molecule has 0 saturated carbocycles. The van der Waals surface area contributed by atoms with Crippen LogP contribution in [-0.2, 0) is 9.84 Å². The Bertz CT molecular complexity index is 571. The van der Waals surface area contributed by atoms with Gasteiger partial charge in [-0.1, -0.05) is 0 Å². The summed E-state index contributed by atoms with van der Waals surface area (Å²) in [4.78, 5) is 16.1. The Morgan fingerprint density at radius 2 is 2.26 bits per heavy atom. The Hall–Kier alpha value is -1.63. The van der Waals surface area contributed by atoms with Crippen molar-refractivity contribution >= 4 is 21.4 Å². The van der Waals surface area contributed by atoms with Crippen LogP contribution in [0.5, 0.6) is 0 Å². The zero-order valence-electron chi connectivity index (χ0n) is 10.7. The van der Waals surface area contributed by atoms with E-state index < -0.39 is 9.84 Å². The first-order valence-corrected chi connectivity index (χ1v) is 7.97. The van der Waals surface area contributed by atoms with Crippen LogP contribution < -0.4 is 10.6 Å². The highest BCUT2D eigenvalue weighted by molar-refractivity contribution is 7.91. The monoisotopic (exact) mass is 283 g/mol. The first-order valence-electron chi connectivity index (χ1n) is 6.15. The largest absolute Gasteiger partial charge is 0.386 e. The minimum absolute atomic E-state index is 0.0265. The van der Waals surface area contributed by atoms with Gasteiger partial charge < -0.3 is 10.6 Å². The Morgan fingerprint density at radius 3 is 2.95 bits per heavy atom. The van der Waals surface area contributed by atoms with Crippen LogP contribution in [0.25, 0.3) is 0 Å². The zero-order chi connectivity index (χ0) is 13.9. The molecule has 1 atom stereocenters. The molecule has 0 radical (unpaired) electrons. The lowest BCUT2D eigenvalue weighted by Gasteiger charge is -2.23. The molecule has 0 aliphatic carbocycles. The number of hydrogen-bond acceptors (Lipinski definition) is 5. The summed E-state index contributed by atoms with van der Waals surface area (Å²) in [6.07, 6.45) is 4.40. The van der Waals surface area contributed by atoms with E-state index in [1.54, 1.807) is 19.3 Å². The fraction of sp³-hybridized carbons (Fsp3) is 0.500. The van der Waals surface area contributed by atoms with E-state index in [-0.39, 0.29) is 23.5 Å². The van der Waals surface area contributed by atoms with Gasteiger partial charge in [0.15, 0.2) is 9.84 Å². The molecule has 7 heteroatoms. The van der Waals surface area contributed by atoms with E-state index in [9.17, 15) is 13.2 Å². The minimum Gasteiger partial charge on any atom is -0.386 e. The lowest BCUT2D eigenvalue weighted by molar-refractivity contribution is 0.0939. The number of rotatable bonds is 3. The highest BCUT2D eigenvalue weighted by atomic mass is 32.2. The number of aromatic nitrogens is 1. The predicted octanol–water partition coefficient (Wildman–Crippen LogP) is 0.430. The molecule has 1 aromatic heterocycles. The highest BCUT2D eigenvalue weighted by Gasteiger charge is 2.26. The number of carbonyl (C=O) groups is 1. The van der Waals surface area contributed by atoms with Gasteiger partial charge in [-0.25, -0.2) is 8.42 Å². The maximum Gasteiger partial charge on any atom is 0.253 e. The second-order valence-electron chi connectivity index (χ2n) is 4.60. The van der Waals surface area contributed by atoms with Crippen LogP contribution in [0.2, 0.25) is 0 Å². The first-order chi connectivity index (χ1) is 9.02. The van der Waals surface area contributed by atoms with Crippen LogP contribution in [0.1, 0.15) is 23.2 Å². The van der Waals surface area contributed by atoms with Crippen molar-refractivity contribution in [1.29, 1.82) is 0 Å². The molecule has 19 heavy (non-hydrogen) atoms. The standard InChI is InChI=1S/C12H17N3O3S/c1-13-11-7-14-5-4-10(11)12(16)15-9-3-2-6-19(17,18)8-9/h4-5,7,9,13H,2-3,6,8H2,1H3,(H,15,16). The molecule has 2 N–H and O–H groups in total. The summed E-state index contributed by atoms with van der Waals surface area (Å²) in [6, 6.07) is 1.31. The third-order valence-electron chi connectivity index (χ3n) is 3.13. The van der Waals surface area contributed by atoms with Crippen LogP contribution >= 0.6 is 0 Å². The van der Waals surface area contributed by atoms with Gasteiger partial charge in [0.2, 0.25) is 0 Å². The van der Waals surface area contributed by atoms with Gasteiger partial charge in [-0.3, -0.25) is 9.78 Å². The van der Waals surface area contributed by atoms with Gasteiger partial charge in [-0.05, 0) is 18.9 Å². The van der Waals surface area contributed by atoms with Crippen LogP contribution in [-0.4, -0.2) is 43.9 Å². The van der Waals surface area contributed by atoms with E-state index in [1.165, 1.54) is 6.20 Å². The van der Waals surface area contributed by atoms with Gasteiger partial charge in [0.25, 0.3) is 5.91 Å². The zero-order valence-corrected chi connectivity index (χ0v) is 11.5. The Kier molecular flexibility index (Phi) is 4.04. The van der Waals surface area contributed by atoms with Crippen LogP contribution in [0.3, 0.4) is 0 Å². The smallest absolute Gasteiger partial charge is 0.253 e. The molecular weight excluding hydrogens is 266 g/mol. The summed E-state index contributed by atoms with van der Waals surface area (Å²) in [5.41, 5.74) is 1.10. The molecule has 104 valence electrons. The average Bonchev–Trinajstić information content (AvgIpc) is 2.37. The molecule has 6 nitrogen and oxygen atoms in total. The molecule has 1 unspecified atom stereocenters. The third kappa shape index (κ3) is 3.44. The van der Waals surface area contributed by atoms with Crippen molar-refractivity contribution in [2.45, 2.75) is 18.9 Å². The summed E-state index contributed by atoms with van der Waals surface area (Å²) in [5.74, 6) is -0.0244. The molecule has 1 fully saturated rings. The number of anilines is 1. The van der Waals surface area contributed by atoms with Crippen molar-refractivity contribution < 1.29 is 13.2 Å². The molecule has 1 aromatic rings. The average molecular weight is 283 g/mol. The van der Waals surface area contributed by atoms with Crippen molar-refractivity contribution in [3.05, 3.63) is 24.0 Å². The van der Waals surface area contributed by atoms with Gasteiger partial charge in [-0.15, -0.1) is 0 Å². The van der Waals surface area contributed by atoms with Crippen molar-refractivity contribution in [3.63, 3.8) is 0 Å². The van der Waals surface area contributed by atoms with Crippen LogP contribution in [0.4, 0.5) is 5.69 Å². The quantitative estimate of drug-likeness (QED) is 0.840. The maximum absolute atomic E-state index is 12.1. The van der Waals surface area contributed by atoms with Gasteiger partial charge in [0.1, 0.15) is 0 Å². The number of nitrogens with zero attached hydrogens (tertiary/aromatic N) is 1. The van der Waals surface area contributed by atoms with Gasteiger partial charge in [0.05, 0.1) is 29.0 Å². The lowest BCUT2D eigenvalue weighted by atomic mass is 10.1. The second-order valence-corrected chi connectivity index (χ2v) is 6.83. The van der Waals surface area contributed by atoms with Gasteiger partial charge >= 0.3 is 0 Å². The van der Waals surface area contributed by atoms with Crippen molar-refractivity contribution in [2.24, 2.45) is 0 Å². The SMILES string of the molecule is CNc1cnccc1C(=O)NC1CCCS(=O)(=O)C1. The summed E-state index contributed by atoms with van der Waals surface area (Å²) in [6.45, 7) is 0. The normalized spacial score (nSPS) is 21.6. The van der Waals surface area contributed by atoms with E-state index in [0.717, 1.165) is 0 Å². The number of hydrogen-bond donors (Lipinski definition) is 2. The number of carbonyl (C=O) groups excluding carboxylic acids is 1. The number of sulfone groups is 1.